The van der Waals surface area contributed by atoms with E-state index in [-0.39, 0.29) is 0 Å². The predicted molar refractivity (Wildman–Crippen MR) is 83.3 cm³/mol. The lowest BCUT2D eigenvalue weighted by atomic mass is 10.3. The molecule has 0 bridgehead atoms. The van der Waals surface area contributed by atoms with Crippen molar-refractivity contribution < 1.29 is 0 Å². The summed E-state index contributed by atoms with van der Waals surface area (Å²) in [5.41, 5.74) is 0. The molecule has 0 saturated heterocycles. The van der Waals surface area contributed by atoms with Crippen LogP contribution in [-0.2, 0) is 6.54 Å². The number of anilines is 2. The molecule has 0 amide bonds. The normalized spacial score (nSPS) is 10.8. The van der Waals surface area contributed by atoms with Crippen LogP contribution in [0.4, 0.5) is 11.8 Å². The largest absolute Gasteiger partial charge is 0.364 e. The maximum Gasteiger partial charge on any atom is 0.225 e. The van der Waals surface area contributed by atoms with Gasteiger partial charge in [-0.15, -0.1) is 22.7 Å². The predicted octanol–water partition coefficient (Wildman–Crippen LogP) is 3.72. The zero-order chi connectivity index (χ0) is 13.2. The molecule has 0 spiro atoms. The first-order chi connectivity index (χ1) is 9.26. The highest BCUT2D eigenvalue weighted by Crippen LogP contribution is 2.27. The third-order valence-electron chi connectivity index (χ3n) is 2.77. The van der Waals surface area contributed by atoms with Crippen LogP contribution in [0, 0.1) is 6.92 Å². The maximum atomic E-state index is 4.49. The van der Waals surface area contributed by atoms with Crippen molar-refractivity contribution in [2.75, 3.05) is 17.7 Å². The first kappa shape index (κ1) is 12.4. The van der Waals surface area contributed by atoms with Gasteiger partial charge in [0.25, 0.3) is 0 Å². The topological polar surface area (TPSA) is 49.8 Å². The lowest BCUT2D eigenvalue weighted by molar-refractivity contribution is 1.12. The number of thiophene rings is 2. The van der Waals surface area contributed by atoms with E-state index in [0.717, 1.165) is 22.6 Å². The van der Waals surface area contributed by atoms with Crippen molar-refractivity contribution in [2.45, 2.75) is 13.5 Å². The van der Waals surface area contributed by atoms with Crippen molar-refractivity contribution in [1.29, 1.82) is 0 Å². The summed E-state index contributed by atoms with van der Waals surface area (Å²) in [6, 6.07) is 6.35. The fourth-order valence-corrected chi connectivity index (χ4v) is 3.45. The maximum absolute atomic E-state index is 4.49. The highest BCUT2D eigenvalue weighted by Gasteiger charge is 2.08. The van der Waals surface area contributed by atoms with Crippen LogP contribution < -0.4 is 10.6 Å². The molecular formula is C13H14N4S2. The molecule has 3 rings (SSSR count). The van der Waals surface area contributed by atoms with E-state index in [1.165, 1.54) is 9.75 Å². The molecule has 4 nitrogen and oxygen atoms in total. The number of hydrogen-bond donors (Lipinski definition) is 2. The number of aryl methyl sites for hydroxylation is 1. The number of aromatic nitrogens is 2. The van der Waals surface area contributed by atoms with Gasteiger partial charge in [-0.25, -0.2) is 4.98 Å². The fraction of sp³-hybridized carbons (Fsp3) is 0.231. The van der Waals surface area contributed by atoms with E-state index in [0.29, 0.717) is 5.95 Å². The van der Waals surface area contributed by atoms with Crippen LogP contribution in [0.5, 0.6) is 0 Å². The van der Waals surface area contributed by atoms with Crippen LogP contribution in [0.25, 0.3) is 10.2 Å². The second kappa shape index (κ2) is 5.14. The van der Waals surface area contributed by atoms with Gasteiger partial charge in [-0.2, -0.15) is 4.98 Å². The lowest BCUT2D eigenvalue weighted by Crippen LogP contribution is -2.03. The van der Waals surface area contributed by atoms with Gasteiger partial charge in [0.15, 0.2) is 0 Å². The molecule has 98 valence electrons. The molecule has 0 aliphatic carbocycles. The van der Waals surface area contributed by atoms with E-state index < -0.39 is 0 Å². The minimum Gasteiger partial charge on any atom is -0.364 e. The van der Waals surface area contributed by atoms with Crippen molar-refractivity contribution in [3.63, 3.8) is 0 Å². The Balaban J connectivity index is 1.88. The highest BCUT2D eigenvalue weighted by atomic mass is 32.1. The Morgan fingerprint density at radius 3 is 2.84 bits per heavy atom. The zero-order valence-corrected chi connectivity index (χ0v) is 12.4. The molecule has 0 aromatic carbocycles. The minimum absolute atomic E-state index is 0.653. The van der Waals surface area contributed by atoms with E-state index in [2.05, 4.69) is 45.7 Å². The fourth-order valence-electron chi connectivity index (χ4n) is 1.85. The van der Waals surface area contributed by atoms with E-state index in [1.54, 1.807) is 22.7 Å². The Labute approximate surface area is 119 Å². The second-order valence-corrected chi connectivity index (χ2v) is 6.42. The summed E-state index contributed by atoms with van der Waals surface area (Å²) in [6.07, 6.45) is 0. The third kappa shape index (κ3) is 2.54. The van der Waals surface area contributed by atoms with Crippen LogP contribution in [0.15, 0.2) is 23.6 Å². The number of nitrogens with zero attached hydrogens (tertiary/aromatic N) is 2. The molecule has 0 aliphatic rings. The van der Waals surface area contributed by atoms with Gasteiger partial charge in [-0.05, 0) is 30.5 Å². The monoisotopic (exact) mass is 290 g/mol. The molecule has 19 heavy (non-hydrogen) atoms. The molecule has 3 aromatic rings. The van der Waals surface area contributed by atoms with Crippen molar-refractivity contribution in [2.24, 2.45) is 0 Å². The Kier molecular flexibility index (Phi) is 3.35. The van der Waals surface area contributed by atoms with Crippen molar-refractivity contribution >= 4 is 44.7 Å². The Morgan fingerprint density at radius 1 is 1.21 bits per heavy atom. The van der Waals surface area contributed by atoms with Crippen molar-refractivity contribution in [3.8, 4) is 0 Å². The van der Waals surface area contributed by atoms with Gasteiger partial charge in [0.2, 0.25) is 5.95 Å². The molecule has 3 heterocycles. The highest BCUT2D eigenvalue weighted by molar-refractivity contribution is 7.16. The summed E-state index contributed by atoms with van der Waals surface area (Å²) >= 11 is 3.43. The smallest absolute Gasteiger partial charge is 0.225 e. The molecule has 0 radical (unpaired) electrons. The minimum atomic E-state index is 0.653. The molecule has 3 aromatic heterocycles. The molecule has 2 N–H and O–H groups in total. The number of hydrogen-bond acceptors (Lipinski definition) is 6. The molecular weight excluding hydrogens is 276 g/mol. The molecule has 6 heteroatoms. The van der Waals surface area contributed by atoms with Gasteiger partial charge in [0.1, 0.15) is 10.6 Å². The Morgan fingerprint density at radius 2 is 2.11 bits per heavy atom. The SMILES string of the molecule is CNc1nc(NCc2ccc(C)s2)c2ccsc2n1. The summed E-state index contributed by atoms with van der Waals surface area (Å²) < 4.78 is 0. The van der Waals surface area contributed by atoms with Gasteiger partial charge in [-0.3, -0.25) is 0 Å². The van der Waals surface area contributed by atoms with Crippen molar-refractivity contribution in [3.05, 3.63) is 33.3 Å². The summed E-state index contributed by atoms with van der Waals surface area (Å²) in [7, 11) is 1.83. The van der Waals surface area contributed by atoms with Gasteiger partial charge in [-0.1, -0.05) is 0 Å². The van der Waals surface area contributed by atoms with E-state index >= 15 is 0 Å². The summed E-state index contributed by atoms with van der Waals surface area (Å²) in [6.45, 7) is 2.92. The van der Waals surface area contributed by atoms with E-state index in [4.69, 9.17) is 0 Å². The van der Waals surface area contributed by atoms with Gasteiger partial charge in [0, 0.05) is 16.8 Å². The molecule has 0 fully saturated rings. The second-order valence-electron chi connectivity index (χ2n) is 4.15. The summed E-state index contributed by atoms with van der Waals surface area (Å²) in [5.74, 6) is 1.54. The number of nitrogens with one attached hydrogen (secondary N) is 2. The van der Waals surface area contributed by atoms with E-state index in [9.17, 15) is 0 Å². The zero-order valence-electron chi connectivity index (χ0n) is 10.7. The van der Waals surface area contributed by atoms with Crippen LogP contribution in [0.3, 0.4) is 0 Å². The summed E-state index contributed by atoms with van der Waals surface area (Å²) in [5, 5.41) is 9.52. The average Bonchev–Trinajstić information content (AvgIpc) is 3.04. The van der Waals surface area contributed by atoms with Gasteiger partial charge in [0.05, 0.1) is 11.9 Å². The van der Waals surface area contributed by atoms with Crippen LogP contribution in [0.1, 0.15) is 9.75 Å². The molecule has 0 unspecified atom stereocenters. The average molecular weight is 290 g/mol. The van der Waals surface area contributed by atoms with Crippen LogP contribution >= 0.6 is 22.7 Å². The van der Waals surface area contributed by atoms with Crippen molar-refractivity contribution in [1.82, 2.24) is 9.97 Å². The first-order valence-corrected chi connectivity index (χ1v) is 7.68. The standard InChI is InChI=1S/C13H14N4S2/c1-8-3-4-9(19-8)7-15-11-10-5-6-18-12(10)17-13(14-2)16-11/h3-6H,7H2,1-2H3,(H2,14,15,16,17). The molecule has 0 atom stereocenters. The first-order valence-electron chi connectivity index (χ1n) is 5.98. The van der Waals surface area contributed by atoms with Crippen LogP contribution in [0.2, 0.25) is 0 Å². The Bertz CT molecular complexity index is 702. The molecule has 0 saturated carbocycles. The summed E-state index contributed by atoms with van der Waals surface area (Å²) in [4.78, 5) is 12.6. The third-order valence-corrected chi connectivity index (χ3v) is 4.58. The molecule has 0 aliphatic heterocycles. The van der Waals surface area contributed by atoms with Gasteiger partial charge < -0.3 is 10.6 Å². The van der Waals surface area contributed by atoms with Crippen LogP contribution in [-0.4, -0.2) is 17.0 Å². The Hall–Kier alpha value is -1.66. The van der Waals surface area contributed by atoms with E-state index in [1.807, 2.05) is 12.4 Å². The van der Waals surface area contributed by atoms with Gasteiger partial charge >= 0.3 is 0 Å². The number of rotatable bonds is 4. The lowest BCUT2D eigenvalue weighted by Gasteiger charge is -2.07. The quantitative estimate of drug-likeness (QED) is 0.769. The number of fused-ring (bicyclic) bond motifs is 1.